The van der Waals surface area contributed by atoms with E-state index in [9.17, 15) is 10.1 Å². The van der Waals surface area contributed by atoms with Crippen LogP contribution in [0.3, 0.4) is 0 Å². The van der Waals surface area contributed by atoms with Crippen LogP contribution in [-0.4, -0.2) is 12.0 Å². The molecule has 2 aromatic rings. The van der Waals surface area contributed by atoms with Crippen LogP contribution in [0, 0.1) is 17.0 Å². The lowest BCUT2D eigenvalue weighted by molar-refractivity contribution is -0.380. The standard InChI is InChI=1S/C13H14N2O3S/c1-9-3-5-11(12(7-9)18-2)14-8-10-4-6-13(19-10)15(16)17/h3-7,14H,8H2,1-2H3. The van der Waals surface area contributed by atoms with E-state index in [2.05, 4.69) is 5.32 Å². The van der Waals surface area contributed by atoms with E-state index in [4.69, 9.17) is 4.74 Å². The van der Waals surface area contributed by atoms with Gasteiger partial charge in [-0.2, -0.15) is 0 Å². The van der Waals surface area contributed by atoms with Crippen LogP contribution in [0.2, 0.25) is 0 Å². The highest BCUT2D eigenvalue weighted by Crippen LogP contribution is 2.28. The molecule has 2 rings (SSSR count). The predicted molar refractivity (Wildman–Crippen MR) is 76.0 cm³/mol. The fourth-order valence-corrected chi connectivity index (χ4v) is 2.45. The highest BCUT2D eigenvalue weighted by Gasteiger charge is 2.10. The van der Waals surface area contributed by atoms with Gasteiger partial charge in [0.2, 0.25) is 0 Å². The molecule has 0 saturated carbocycles. The molecule has 0 spiro atoms. The van der Waals surface area contributed by atoms with E-state index in [0.717, 1.165) is 21.9 Å². The van der Waals surface area contributed by atoms with Crippen LogP contribution in [0.1, 0.15) is 10.4 Å². The van der Waals surface area contributed by atoms with Gasteiger partial charge in [0.25, 0.3) is 0 Å². The molecule has 1 aromatic carbocycles. The van der Waals surface area contributed by atoms with E-state index < -0.39 is 0 Å². The van der Waals surface area contributed by atoms with Gasteiger partial charge < -0.3 is 10.1 Å². The Hall–Kier alpha value is -2.08. The van der Waals surface area contributed by atoms with Gasteiger partial charge >= 0.3 is 5.00 Å². The summed E-state index contributed by atoms with van der Waals surface area (Å²) in [5.41, 5.74) is 2.00. The number of nitrogens with zero attached hydrogens (tertiary/aromatic N) is 1. The Balaban J connectivity index is 2.07. The molecule has 100 valence electrons. The Morgan fingerprint density at radius 1 is 1.37 bits per heavy atom. The fourth-order valence-electron chi connectivity index (χ4n) is 1.69. The summed E-state index contributed by atoms with van der Waals surface area (Å²) in [5, 5.41) is 14.0. The number of nitrogens with one attached hydrogen (secondary N) is 1. The van der Waals surface area contributed by atoms with Gasteiger partial charge in [0.05, 0.1) is 17.7 Å². The van der Waals surface area contributed by atoms with Gasteiger partial charge in [-0.3, -0.25) is 10.1 Å². The number of rotatable bonds is 5. The van der Waals surface area contributed by atoms with Gasteiger partial charge in [-0.05, 0) is 30.7 Å². The molecule has 1 N–H and O–H groups in total. The zero-order valence-corrected chi connectivity index (χ0v) is 11.5. The van der Waals surface area contributed by atoms with Crippen LogP contribution in [0.5, 0.6) is 5.75 Å². The average Bonchev–Trinajstić information content (AvgIpc) is 2.86. The molecule has 5 nitrogen and oxygen atoms in total. The SMILES string of the molecule is COc1cc(C)ccc1NCc1ccc([N+](=O)[O-])s1. The van der Waals surface area contributed by atoms with E-state index >= 15 is 0 Å². The first kappa shape index (κ1) is 13.4. The van der Waals surface area contributed by atoms with Crippen molar-refractivity contribution in [1.29, 1.82) is 0 Å². The van der Waals surface area contributed by atoms with Crippen LogP contribution < -0.4 is 10.1 Å². The summed E-state index contributed by atoms with van der Waals surface area (Å²) in [4.78, 5) is 11.1. The monoisotopic (exact) mass is 278 g/mol. The lowest BCUT2D eigenvalue weighted by Crippen LogP contribution is -2.00. The van der Waals surface area contributed by atoms with Crippen molar-refractivity contribution in [3.05, 3.63) is 50.9 Å². The van der Waals surface area contributed by atoms with Gasteiger partial charge in [0.15, 0.2) is 0 Å². The lowest BCUT2D eigenvalue weighted by atomic mass is 10.2. The molecular weight excluding hydrogens is 264 g/mol. The molecule has 0 aliphatic rings. The van der Waals surface area contributed by atoms with Crippen molar-refractivity contribution in [2.45, 2.75) is 13.5 Å². The first-order chi connectivity index (χ1) is 9.10. The Kier molecular flexibility index (Phi) is 4.01. The molecule has 19 heavy (non-hydrogen) atoms. The summed E-state index contributed by atoms with van der Waals surface area (Å²) in [6.07, 6.45) is 0. The summed E-state index contributed by atoms with van der Waals surface area (Å²) >= 11 is 1.17. The summed E-state index contributed by atoms with van der Waals surface area (Å²) in [5.74, 6) is 0.769. The van der Waals surface area contributed by atoms with Crippen molar-refractivity contribution in [2.75, 3.05) is 12.4 Å². The van der Waals surface area contributed by atoms with Crippen molar-refractivity contribution < 1.29 is 9.66 Å². The molecule has 0 amide bonds. The van der Waals surface area contributed by atoms with Crippen LogP contribution in [0.4, 0.5) is 10.7 Å². The second-order valence-electron chi connectivity index (χ2n) is 4.05. The van der Waals surface area contributed by atoms with Gasteiger partial charge in [-0.1, -0.05) is 17.4 Å². The highest BCUT2D eigenvalue weighted by molar-refractivity contribution is 7.15. The quantitative estimate of drug-likeness (QED) is 0.670. The number of hydrogen-bond donors (Lipinski definition) is 1. The molecule has 0 aliphatic heterocycles. The molecule has 1 heterocycles. The Bertz CT molecular complexity index is 595. The molecular formula is C13H14N2O3S. The number of thiophene rings is 1. The third-order valence-corrected chi connectivity index (χ3v) is 3.67. The number of methoxy groups -OCH3 is 1. The zero-order chi connectivity index (χ0) is 13.8. The third-order valence-electron chi connectivity index (χ3n) is 2.64. The lowest BCUT2D eigenvalue weighted by Gasteiger charge is -2.10. The van der Waals surface area contributed by atoms with E-state index in [1.54, 1.807) is 13.2 Å². The van der Waals surface area contributed by atoms with E-state index in [-0.39, 0.29) is 9.92 Å². The Labute approximate surface area is 115 Å². The Morgan fingerprint density at radius 2 is 2.16 bits per heavy atom. The minimum Gasteiger partial charge on any atom is -0.495 e. The molecule has 0 fully saturated rings. The minimum absolute atomic E-state index is 0.160. The molecule has 0 unspecified atom stereocenters. The van der Waals surface area contributed by atoms with Crippen molar-refractivity contribution in [3.8, 4) is 5.75 Å². The largest absolute Gasteiger partial charge is 0.495 e. The topological polar surface area (TPSA) is 64.4 Å². The maximum atomic E-state index is 10.6. The smallest absolute Gasteiger partial charge is 0.324 e. The summed E-state index contributed by atoms with van der Waals surface area (Å²) < 4.78 is 5.29. The maximum Gasteiger partial charge on any atom is 0.324 e. The van der Waals surface area contributed by atoms with E-state index in [1.807, 2.05) is 25.1 Å². The molecule has 0 radical (unpaired) electrons. The van der Waals surface area contributed by atoms with Crippen molar-refractivity contribution in [2.24, 2.45) is 0 Å². The van der Waals surface area contributed by atoms with Gasteiger partial charge in [-0.25, -0.2) is 0 Å². The normalized spacial score (nSPS) is 10.2. The van der Waals surface area contributed by atoms with Crippen molar-refractivity contribution >= 4 is 22.0 Å². The van der Waals surface area contributed by atoms with Crippen LogP contribution in [-0.2, 0) is 6.54 Å². The average molecular weight is 278 g/mol. The van der Waals surface area contributed by atoms with Crippen LogP contribution >= 0.6 is 11.3 Å². The second kappa shape index (κ2) is 5.71. The molecule has 0 atom stereocenters. The number of aryl methyl sites for hydroxylation is 1. The summed E-state index contributed by atoms with van der Waals surface area (Å²) in [6.45, 7) is 2.53. The molecule has 0 saturated heterocycles. The third kappa shape index (κ3) is 3.23. The summed E-state index contributed by atoms with van der Waals surface area (Å²) in [7, 11) is 1.62. The number of benzene rings is 1. The van der Waals surface area contributed by atoms with Gasteiger partial charge in [0.1, 0.15) is 5.75 Å². The van der Waals surface area contributed by atoms with E-state index in [0.29, 0.717) is 6.54 Å². The molecule has 0 aliphatic carbocycles. The fraction of sp³-hybridized carbons (Fsp3) is 0.231. The second-order valence-corrected chi connectivity index (χ2v) is 5.20. The maximum absolute atomic E-state index is 10.6. The molecule has 1 aromatic heterocycles. The van der Waals surface area contributed by atoms with Crippen molar-refractivity contribution in [3.63, 3.8) is 0 Å². The molecule has 6 heteroatoms. The minimum atomic E-state index is -0.374. The van der Waals surface area contributed by atoms with Crippen molar-refractivity contribution in [1.82, 2.24) is 0 Å². The van der Waals surface area contributed by atoms with Gasteiger partial charge in [-0.15, -0.1) is 0 Å². The predicted octanol–water partition coefficient (Wildman–Crippen LogP) is 3.59. The van der Waals surface area contributed by atoms with Crippen LogP contribution in [0.25, 0.3) is 0 Å². The van der Waals surface area contributed by atoms with E-state index in [1.165, 1.54) is 17.4 Å². The highest BCUT2D eigenvalue weighted by atomic mass is 32.1. The summed E-state index contributed by atoms with van der Waals surface area (Å²) in [6, 6.07) is 9.15. The van der Waals surface area contributed by atoms with Gasteiger partial charge in [0, 0.05) is 17.5 Å². The van der Waals surface area contributed by atoms with Crippen LogP contribution in [0.15, 0.2) is 30.3 Å². The Morgan fingerprint density at radius 3 is 2.79 bits per heavy atom. The number of anilines is 1. The number of nitro groups is 1. The zero-order valence-electron chi connectivity index (χ0n) is 10.7. The first-order valence-corrected chi connectivity index (χ1v) is 6.53. The first-order valence-electron chi connectivity index (χ1n) is 5.72. The number of ether oxygens (including phenoxy) is 1. The number of hydrogen-bond acceptors (Lipinski definition) is 5. The molecule has 0 bridgehead atoms.